The van der Waals surface area contributed by atoms with Crippen LogP contribution in [0.1, 0.15) is 39.5 Å². The highest BCUT2D eigenvalue weighted by Crippen LogP contribution is 2.42. The number of ether oxygens (including phenoxy) is 4. The molecule has 20 heavy (non-hydrogen) atoms. The number of rotatable bonds is 1. The van der Waals surface area contributed by atoms with Gasteiger partial charge in [0, 0.05) is 26.7 Å². The lowest BCUT2D eigenvalue weighted by Crippen LogP contribution is -2.50. The Morgan fingerprint density at radius 2 is 1.45 bits per heavy atom. The molecule has 0 aromatic rings. The van der Waals surface area contributed by atoms with Gasteiger partial charge in [-0.25, -0.2) is 0 Å². The summed E-state index contributed by atoms with van der Waals surface area (Å²) in [5, 5.41) is 0. The van der Waals surface area contributed by atoms with Crippen LogP contribution in [0, 0.1) is 11.8 Å². The predicted octanol–water partition coefficient (Wildman–Crippen LogP) is 1.37. The smallest absolute Gasteiger partial charge is 0.323 e. The molecule has 0 atom stereocenters. The van der Waals surface area contributed by atoms with Gasteiger partial charge in [-0.2, -0.15) is 0 Å². The molecule has 2 saturated heterocycles. The van der Waals surface area contributed by atoms with Crippen molar-refractivity contribution in [2.75, 3.05) is 13.2 Å². The second kappa shape index (κ2) is 4.70. The quantitative estimate of drug-likeness (QED) is 0.535. The largest absolute Gasteiger partial charge is 0.422 e. The summed E-state index contributed by atoms with van der Waals surface area (Å²) in [6, 6.07) is 0. The van der Waals surface area contributed by atoms with E-state index in [0.29, 0.717) is 38.9 Å². The van der Waals surface area contributed by atoms with Gasteiger partial charge in [0.1, 0.15) is 0 Å². The predicted molar refractivity (Wildman–Crippen MR) is 66.3 cm³/mol. The van der Waals surface area contributed by atoms with Gasteiger partial charge in [-0.3, -0.25) is 9.59 Å². The first-order valence-corrected chi connectivity index (χ1v) is 7.14. The molecule has 3 rings (SSSR count). The third kappa shape index (κ3) is 2.42. The van der Waals surface area contributed by atoms with Crippen LogP contribution in [0.25, 0.3) is 0 Å². The molecule has 6 heteroatoms. The maximum atomic E-state index is 12.0. The lowest BCUT2D eigenvalue weighted by atomic mass is 9.77. The Morgan fingerprint density at radius 1 is 0.950 bits per heavy atom. The Balaban J connectivity index is 1.66. The summed E-state index contributed by atoms with van der Waals surface area (Å²) in [7, 11) is 0. The van der Waals surface area contributed by atoms with Gasteiger partial charge >= 0.3 is 11.9 Å². The molecule has 0 amide bonds. The topological polar surface area (TPSA) is 71.1 Å². The van der Waals surface area contributed by atoms with Crippen molar-refractivity contribution in [3.05, 3.63) is 0 Å². The maximum Gasteiger partial charge on any atom is 0.323 e. The summed E-state index contributed by atoms with van der Waals surface area (Å²) < 4.78 is 21.7. The number of esters is 2. The monoisotopic (exact) mass is 284 g/mol. The van der Waals surface area contributed by atoms with Gasteiger partial charge < -0.3 is 18.9 Å². The van der Waals surface area contributed by atoms with Crippen LogP contribution < -0.4 is 0 Å². The molecule has 0 N–H and O–H groups in total. The van der Waals surface area contributed by atoms with E-state index >= 15 is 0 Å². The van der Waals surface area contributed by atoms with E-state index in [9.17, 15) is 9.59 Å². The fraction of sp³-hybridized carbons (Fsp3) is 0.857. The van der Waals surface area contributed by atoms with Crippen LogP contribution in [0.5, 0.6) is 0 Å². The highest BCUT2D eigenvalue weighted by molar-refractivity contribution is 5.97. The summed E-state index contributed by atoms with van der Waals surface area (Å²) in [6.07, 6.45) is 2.82. The number of carbonyl (C=O) groups excluding carboxylic acids is 2. The Labute approximate surface area is 117 Å². The lowest BCUT2D eigenvalue weighted by molar-refractivity contribution is -0.246. The van der Waals surface area contributed by atoms with E-state index in [-0.39, 0.29) is 5.92 Å². The van der Waals surface area contributed by atoms with Crippen molar-refractivity contribution < 1.29 is 28.5 Å². The molecule has 2 heterocycles. The molecule has 0 aromatic carbocycles. The van der Waals surface area contributed by atoms with E-state index in [1.54, 1.807) is 13.8 Å². The van der Waals surface area contributed by atoms with Crippen LogP contribution in [-0.4, -0.2) is 36.7 Å². The molecule has 112 valence electrons. The standard InChI is InChI=1S/C14H20O6/c1-13(2)19-11(15)10(12(16)20-13)9-3-5-14(6-4-9)17-7-8-18-14/h9-10H,3-8H2,1-2H3. The average Bonchev–Trinajstić information content (AvgIpc) is 2.78. The van der Waals surface area contributed by atoms with Gasteiger partial charge in [0.15, 0.2) is 11.7 Å². The van der Waals surface area contributed by atoms with Crippen molar-refractivity contribution in [3.63, 3.8) is 0 Å². The third-order valence-corrected chi connectivity index (χ3v) is 4.28. The molecule has 1 saturated carbocycles. The Morgan fingerprint density at radius 3 is 1.95 bits per heavy atom. The summed E-state index contributed by atoms with van der Waals surface area (Å²) in [5.41, 5.74) is 0. The van der Waals surface area contributed by atoms with Crippen molar-refractivity contribution in [1.29, 1.82) is 0 Å². The summed E-state index contributed by atoms with van der Waals surface area (Å²) >= 11 is 0. The van der Waals surface area contributed by atoms with Gasteiger partial charge in [-0.05, 0) is 18.8 Å². The van der Waals surface area contributed by atoms with Gasteiger partial charge in [0.05, 0.1) is 13.2 Å². The Bertz CT molecular complexity index is 393. The molecular formula is C14H20O6. The van der Waals surface area contributed by atoms with E-state index in [1.807, 2.05) is 0 Å². The number of carbonyl (C=O) groups is 2. The second-order valence-corrected chi connectivity index (χ2v) is 6.16. The van der Waals surface area contributed by atoms with Gasteiger partial charge in [0.2, 0.25) is 0 Å². The fourth-order valence-electron chi connectivity index (χ4n) is 3.31. The minimum atomic E-state index is -1.15. The minimum absolute atomic E-state index is 0.0514. The van der Waals surface area contributed by atoms with Crippen LogP contribution in [-0.2, 0) is 28.5 Å². The van der Waals surface area contributed by atoms with Crippen molar-refractivity contribution in [2.24, 2.45) is 11.8 Å². The minimum Gasteiger partial charge on any atom is -0.422 e. The van der Waals surface area contributed by atoms with Crippen LogP contribution in [0.2, 0.25) is 0 Å². The first-order valence-electron chi connectivity index (χ1n) is 7.14. The molecular weight excluding hydrogens is 264 g/mol. The zero-order valence-electron chi connectivity index (χ0n) is 11.8. The third-order valence-electron chi connectivity index (χ3n) is 4.28. The summed E-state index contributed by atoms with van der Waals surface area (Å²) in [6.45, 7) is 4.36. The van der Waals surface area contributed by atoms with E-state index < -0.39 is 29.4 Å². The summed E-state index contributed by atoms with van der Waals surface area (Å²) in [5.74, 6) is -3.44. The molecule has 3 fully saturated rings. The van der Waals surface area contributed by atoms with Gasteiger partial charge in [0.25, 0.3) is 5.79 Å². The zero-order chi connectivity index (χ0) is 14.4. The van der Waals surface area contributed by atoms with E-state index in [2.05, 4.69) is 0 Å². The van der Waals surface area contributed by atoms with Gasteiger partial charge in [-0.1, -0.05) is 0 Å². The normalized spacial score (nSPS) is 33.0. The molecule has 0 unspecified atom stereocenters. The molecule has 6 nitrogen and oxygen atoms in total. The van der Waals surface area contributed by atoms with E-state index in [4.69, 9.17) is 18.9 Å². The van der Waals surface area contributed by atoms with Crippen LogP contribution in [0.15, 0.2) is 0 Å². The van der Waals surface area contributed by atoms with Crippen LogP contribution in [0.4, 0.5) is 0 Å². The van der Waals surface area contributed by atoms with E-state index in [0.717, 1.165) is 0 Å². The van der Waals surface area contributed by atoms with Crippen molar-refractivity contribution in [3.8, 4) is 0 Å². The van der Waals surface area contributed by atoms with Crippen LogP contribution >= 0.6 is 0 Å². The van der Waals surface area contributed by atoms with Crippen molar-refractivity contribution in [1.82, 2.24) is 0 Å². The number of hydrogen-bond acceptors (Lipinski definition) is 6. The average molecular weight is 284 g/mol. The summed E-state index contributed by atoms with van der Waals surface area (Å²) in [4.78, 5) is 24.1. The zero-order valence-corrected chi connectivity index (χ0v) is 11.8. The molecule has 0 bridgehead atoms. The molecule has 1 spiro atoms. The Hall–Kier alpha value is -1.14. The van der Waals surface area contributed by atoms with Gasteiger partial charge in [-0.15, -0.1) is 0 Å². The molecule has 1 aliphatic carbocycles. The molecule has 3 aliphatic rings. The molecule has 2 aliphatic heterocycles. The second-order valence-electron chi connectivity index (χ2n) is 6.16. The molecule has 0 aromatic heterocycles. The SMILES string of the molecule is CC1(C)OC(=O)C(C2CCC3(CC2)OCCO3)C(=O)O1. The lowest BCUT2D eigenvalue weighted by Gasteiger charge is -2.40. The first kappa shape index (κ1) is 13.8. The first-order chi connectivity index (χ1) is 9.41. The van der Waals surface area contributed by atoms with E-state index in [1.165, 1.54) is 0 Å². The Kier molecular flexibility index (Phi) is 3.25. The highest BCUT2D eigenvalue weighted by atomic mass is 16.7. The number of cyclic esters (lactones) is 2. The van der Waals surface area contributed by atoms with Crippen molar-refractivity contribution in [2.45, 2.75) is 51.1 Å². The molecule has 0 radical (unpaired) electrons. The highest BCUT2D eigenvalue weighted by Gasteiger charge is 2.50. The van der Waals surface area contributed by atoms with Crippen LogP contribution in [0.3, 0.4) is 0 Å². The maximum absolute atomic E-state index is 12.0. The van der Waals surface area contributed by atoms with Crippen molar-refractivity contribution >= 4 is 11.9 Å². The fourth-order valence-corrected chi connectivity index (χ4v) is 3.31. The number of hydrogen-bond donors (Lipinski definition) is 0.